The average Bonchev–Trinajstić information content (AvgIpc) is 2.29. The molecule has 1 aromatic rings. The van der Waals surface area contributed by atoms with Gasteiger partial charge in [0, 0.05) is 18.3 Å². The van der Waals surface area contributed by atoms with Gasteiger partial charge in [0.25, 0.3) is 0 Å². The Labute approximate surface area is 98.7 Å². The summed E-state index contributed by atoms with van der Waals surface area (Å²) in [6.45, 7) is 5.46. The summed E-state index contributed by atoms with van der Waals surface area (Å²) >= 11 is 0. The summed E-state index contributed by atoms with van der Waals surface area (Å²) in [5.41, 5.74) is -0.0291. The van der Waals surface area contributed by atoms with Gasteiger partial charge in [0.1, 0.15) is 6.07 Å². The van der Waals surface area contributed by atoms with Crippen LogP contribution in [0.1, 0.15) is 18.9 Å². The third-order valence-electron chi connectivity index (χ3n) is 2.10. The largest absolute Gasteiger partial charge is 0.362 e. The number of anilines is 1. The lowest BCUT2D eigenvalue weighted by molar-refractivity contribution is -0.384. The van der Waals surface area contributed by atoms with Crippen molar-refractivity contribution >= 4 is 11.5 Å². The van der Waals surface area contributed by atoms with Crippen molar-refractivity contribution < 1.29 is 4.92 Å². The Balaban J connectivity index is 3.03. The molecule has 0 aliphatic carbocycles. The molecule has 1 N–H and O–H groups in total. The minimum atomic E-state index is -0.559. The quantitative estimate of drug-likeness (QED) is 0.477. The van der Waals surface area contributed by atoms with E-state index in [0.717, 1.165) is 0 Å². The highest BCUT2D eigenvalue weighted by molar-refractivity contribution is 5.58. The van der Waals surface area contributed by atoms with Crippen LogP contribution in [0, 0.1) is 21.4 Å². The van der Waals surface area contributed by atoms with Gasteiger partial charge in [0.2, 0.25) is 5.82 Å². The highest BCUT2D eigenvalue weighted by Gasteiger charge is 2.17. The lowest BCUT2D eigenvalue weighted by atomic mass is 10.2. The topological polar surface area (TPSA) is 91.8 Å². The van der Waals surface area contributed by atoms with Gasteiger partial charge < -0.3 is 5.32 Å². The highest BCUT2D eigenvalue weighted by Crippen LogP contribution is 2.23. The number of nitrogens with zero attached hydrogens (tertiary/aromatic N) is 3. The maximum Gasteiger partial charge on any atom is 0.312 e. The van der Waals surface area contributed by atoms with Crippen LogP contribution in [0.2, 0.25) is 0 Å². The van der Waals surface area contributed by atoms with Gasteiger partial charge in [0.15, 0.2) is 0 Å². The van der Waals surface area contributed by atoms with E-state index in [1.165, 1.54) is 12.3 Å². The molecule has 0 amide bonds. The lowest BCUT2D eigenvalue weighted by Gasteiger charge is -2.12. The van der Waals surface area contributed by atoms with Gasteiger partial charge in [-0.15, -0.1) is 6.58 Å². The van der Waals surface area contributed by atoms with Crippen LogP contribution in [0.5, 0.6) is 0 Å². The third-order valence-corrected chi connectivity index (χ3v) is 2.10. The Morgan fingerprint density at radius 3 is 3.06 bits per heavy atom. The molecular weight excluding hydrogens is 220 g/mol. The van der Waals surface area contributed by atoms with Crippen molar-refractivity contribution in [3.63, 3.8) is 0 Å². The van der Waals surface area contributed by atoms with Crippen LogP contribution in [-0.2, 0) is 0 Å². The standard InChI is InChI=1S/C11H12N4O2/c1-3-4-8(2)14-11-10(15(16)17)5-9(6-12)7-13-11/h3,5,7-8H,1,4H2,2H3,(H,13,14). The molecule has 0 radical (unpaired) electrons. The molecule has 1 aromatic heterocycles. The van der Waals surface area contributed by atoms with E-state index in [-0.39, 0.29) is 23.1 Å². The molecular formula is C11H12N4O2. The van der Waals surface area contributed by atoms with Crippen molar-refractivity contribution in [3.8, 4) is 6.07 Å². The first kappa shape index (κ1) is 12.6. The molecule has 1 unspecified atom stereocenters. The molecule has 17 heavy (non-hydrogen) atoms. The first-order chi connectivity index (χ1) is 8.08. The molecule has 1 heterocycles. The molecule has 0 fully saturated rings. The van der Waals surface area contributed by atoms with Gasteiger partial charge >= 0.3 is 5.69 Å². The predicted octanol–water partition coefficient (Wildman–Crippen LogP) is 2.24. The number of nitriles is 1. The van der Waals surface area contributed by atoms with Crippen LogP contribution >= 0.6 is 0 Å². The van der Waals surface area contributed by atoms with Crippen molar-refractivity contribution in [2.24, 2.45) is 0 Å². The summed E-state index contributed by atoms with van der Waals surface area (Å²) in [5.74, 6) is 0.170. The SMILES string of the molecule is C=CCC(C)Nc1ncc(C#N)cc1[N+](=O)[O-]. The maximum atomic E-state index is 10.8. The highest BCUT2D eigenvalue weighted by atomic mass is 16.6. The van der Waals surface area contributed by atoms with Crippen molar-refractivity contribution in [1.82, 2.24) is 4.98 Å². The normalized spacial score (nSPS) is 11.3. The molecule has 6 heteroatoms. The van der Waals surface area contributed by atoms with Gasteiger partial charge in [-0.25, -0.2) is 4.98 Å². The Kier molecular flexibility index (Phi) is 4.17. The Morgan fingerprint density at radius 2 is 2.53 bits per heavy atom. The lowest BCUT2D eigenvalue weighted by Crippen LogP contribution is -2.16. The molecule has 1 rings (SSSR count). The fourth-order valence-corrected chi connectivity index (χ4v) is 1.31. The van der Waals surface area contributed by atoms with E-state index < -0.39 is 4.92 Å². The second-order valence-corrected chi connectivity index (χ2v) is 3.53. The number of pyridine rings is 1. The van der Waals surface area contributed by atoms with E-state index in [2.05, 4.69) is 16.9 Å². The zero-order chi connectivity index (χ0) is 12.8. The van der Waals surface area contributed by atoms with Crippen molar-refractivity contribution in [2.75, 3.05) is 5.32 Å². The molecule has 0 spiro atoms. The van der Waals surface area contributed by atoms with Crippen molar-refractivity contribution in [1.29, 1.82) is 5.26 Å². The Morgan fingerprint density at radius 1 is 1.82 bits per heavy atom. The molecule has 0 saturated carbocycles. The minimum Gasteiger partial charge on any atom is -0.362 e. The van der Waals surface area contributed by atoms with Crippen LogP contribution in [0.25, 0.3) is 0 Å². The maximum absolute atomic E-state index is 10.8. The molecule has 0 bridgehead atoms. The second kappa shape index (κ2) is 5.61. The van der Waals surface area contributed by atoms with Gasteiger partial charge in [-0.1, -0.05) is 6.08 Å². The summed E-state index contributed by atoms with van der Waals surface area (Å²) in [7, 11) is 0. The van der Waals surface area contributed by atoms with Crippen LogP contribution in [0.15, 0.2) is 24.9 Å². The molecule has 0 saturated heterocycles. The second-order valence-electron chi connectivity index (χ2n) is 3.53. The van der Waals surface area contributed by atoms with E-state index in [1.54, 1.807) is 6.08 Å². The van der Waals surface area contributed by atoms with Gasteiger partial charge in [-0.2, -0.15) is 5.26 Å². The zero-order valence-corrected chi connectivity index (χ0v) is 9.38. The Hall–Kier alpha value is -2.42. The average molecular weight is 232 g/mol. The smallest absolute Gasteiger partial charge is 0.312 e. The van der Waals surface area contributed by atoms with Crippen molar-refractivity contribution in [2.45, 2.75) is 19.4 Å². The molecule has 0 aromatic carbocycles. The number of hydrogen-bond donors (Lipinski definition) is 1. The molecule has 0 aliphatic heterocycles. The number of nitrogens with one attached hydrogen (secondary N) is 1. The van der Waals surface area contributed by atoms with E-state index in [0.29, 0.717) is 6.42 Å². The fourth-order valence-electron chi connectivity index (χ4n) is 1.31. The summed E-state index contributed by atoms with van der Waals surface area (Å²) in [6, 6.07) is 3.01. The predicted molar refractivity (Wildman–Crippen MR) is 63.5 cm³/mol. The van der Waals surface area contributed by atoms with Gasteiger partial charge in [-0.05, 0) is 13.3 Å². The molecule has 1 atom stereocenters. The Bertz CT molecular complexity index is 479. The zero-order valence-electron chi connectivity index (χ0n) is 9.38. The van der Waals surface area contributed by atoms with Gasteiger partial charge in [0.05, 0.1) is 10.5 Å². The van der Waals surface area contributed by atoms with Gasteiger partial charge in [-0.3, -0.25) is 10.1 Å². The number of rotatable bonds is 5. The number of aromatic nitrogens is 1. The number of hydrogen-bond acceptors (Lipinski definition) is 5. The van der Waals surface area contributed by atoms with Crippen LogP contribution in [0.4, 0.5) is 11.5 Å². The monoisotopic (exact) mass is 232 g/mol. The van der Waals surface area contributed by atoms with Crippen LogP contribution in [-0.4, -0.2) is 15.9 Å². The summed E-state index contributed by atoms with van der Waals surface area (Å²) < 4.78 is 0. The molecule has 88 valence electrons. The minimum absolute atomic E-state index is 0.00774. The number of nitro groups is 1. The summed E-state index contributed by atoms with van der Waals surface area (Å²) in [4.78, 5) is 14.1. The van der Waals surface area contributed by atoms with E-state index in [4.69, 9.17) is 5.26 Å². The third kappa shape index (κ3) is 3.28. The summed E-state index contributed by atoms with van der Waals surface area (Å²) in [5, 5.41) is 22.4. The van der Waals surface area contributed by atoms with E-state index in [1.807, 2.05) is 13.0 Å². The summed E-state index contributed by atoms with van der Waals surface area (Å²) in [6.07, 6.45) is 3.68. The fraction of sp³-hybridized carbons (Fsp3) is 0.273. The van der Waals surface area contributed by atoms with Crippen LogP contribution < -0.4 is 5.32 Å². The first-order valence-electron chi connectivity index (χ1n) is 5.00. The van der Waals surface area contributed by atoms with Crippen molar-refractivity contribution in [3.05, 3.63) is 40.6 Å². The first-order valence-corrected chi connectivity index (χ1v) is 5.00. The molecule has 0 aliphatic rings. The van der Waals surface area contributed by atoms with E-state index in [9.17, 15) is 10.1 Å². The van der Waals surface area contributed by atoms with Crippen LogP contribution in [0.3, 0.4) is 0 Å². The molecule has 6 nitrogen and oxygen atoms in total. The van der Waals surface area contributed by atoms with E-state index >= 15 is 0 Å².